The van der Waals surface area contributed by atoms with Gasteiger partial charge in [0.15, 0.2) is 0 Å². The molecule has 2 aromatic carbocycles. The molecule has 0 aliphatic rings. The van der Waals surface area contributed by atoms with Gasteiger partial charge in [-0.25, -0.2) is 4.39 Å². The molecule has 6 heteroatoms. The fourth-order valence-electron chi connectivity index (χ4n) is 2.28. The standard InChI is InChI=1S/C20H24FN3O2/c1-13-4-8-17(9-5-13)24-19(25)15(3)22-10-11-23-20(26)16-7-6-14(2)18(21)12-16/h4-9,12,15,22H,10-11H2,1-3H3,(H,23,26)(H,24,25). The van der Waals surface area contributed by atoms with Crippen LogP contribution in [0, 0.1) is 19.7 Å². The molecule has 5 nitrogen and oxygen atoms in total. The van der Waals surface area contributed by atoms with Crippen LogP contribution in [-0.2, 0) is 4.79 Å². The third kappa shape index (κ3) is 5.67. The Balaban J connectivity index is 1.72. The second kappa shape index (κ2) is 9.10. The van der Waals surface area contributed by atoms with Gasteiger partial charge in [-0.1, -0.05) is 23.8 Å². The van der Waals surface area contributed by atoms with E-state index in [-0.39, 0.29) is 17.4 Å². The van der Waals surface area contributed by atoms with Crippen LogP contribution >= 0.6 is 0 Å². The number of benzene rings is 2. The van der Waals surface area contributed by atoms with Crippen molar-refractivity contribution in [3.63, 3.8) is 0 Å². The molecule has 0 bridgehead atoms. The van der Waals surface area contributed by atoms with Crippen molar-refractivity contribution in [3.8, 4) is 0 Å². The van der Waals surface area contributed by atoms with Gasteiger partial charge in [0.25, 0.3) is 5.91 Å². The molecule has 0 spiro atoms. The van der Waals surface area contributed by atoms with Crippen LogP contribution in [0.2, 0.25) is 0 Å². The van der Waals surface area contributed by atoms with Crippen LogP contribution in [0.15, 0.2) is 42.5 Å². The fraction of sp³-hybridized carbons (Fsp3) is 0.300. The molecule has 2 aromatic rings. The normalized spacial score (nSPS) is 11.7. The maximum atomic E-state index is 13.5. The number of nitrogens with one attached hydrogen (secondary N) is 3. The number of halogens is 1. The van der Waals surface area contributed by atoms with Gasteiger partial charge < -0.3 is 16.0 Å². The molecule has 0 aliphatic heterocycles. The van der Waals surface area contributed by atoms with Crippen molar-refractivity contribution >= 4 is 17.5 Å². The Kier molecular flexibility index (Phi) is 6.86. The van der Waals surface area contributed by atoms with E-state index in [1.807, 2.05) is 31.2 Å². The number of amides is 2. The van der Waals surface area contributed by atoms with E-state index in [1.54, 1.807) is 26.0 Å². The second-order valence-electron chi connectivity index (χ2n) is 6.25. The van der Waals surface area contributed by atoms with E-state index >= 15 is 0 Å². The molecule has 26 heavy (non-hydrogen) atoms. The minimum Gasteiger partial charge on any atom is -0.351 e. The molecule has 138 valence electrons. The summed E-state index contributed by atoms with van der Waals surface area (Å²) >= 11 is 0. The van der Waals surface area contributed by atoms with Crippen LogP contribution in [0.4, 0.5) is 10.1 Å². The molecule has 0 saturated heterocycles. The third-order valence-electron chi connectivity index (χ3n) is 4.01. The lowest BCUT2D eigenvalue weighted by atomic mass is 10.1. The summed E-state index contributed by atoms with van der Waals surface area (Å²) in [5.41, 5.74) is 2.64. The maximum absolute atomic E-state index is 13.5. The molecule has 0 aromatic heterocycles. The lowest BCUT2D eigenvalue weighted by molar-refractivity contribution is -0.117. The van der Waals surface area contributed by atoms with Crippen molar-refractivity contribution < 1.29 is 14.0 Å². The summed E-state index contributed by atoms with van der Waals surface area (Å²) in [4.78, 5) is 24.1. The van der Waals surface area contributed by atoms with Crippen molar-refractivity contribution in [1.82, 2.24) is 10.6 Å². The number of aryl methyl sites for hydroxylation is 2. The Labute approximate surface area is 153 Å². The quantitative estimate of drug-likeness (QED) is 0.668. The average molecular weight is 357 g/mol. The Hall–Kier alpha value is -2.73. The van der Waals surface area contributed by atoms with Gasteiger partial charge in [0.2, 0.25) is 5.91 Å². The largest absolute Gasteiger partial charge is 0.351 e. The first-order chi connectivity index (χ1) is 12.4. The zero-order valence-corrected chi connectivity index (χ0v) is 15.2. The topological polar surface area (TPSA) is 70.2 Å². The Morgan fingerprint density at radius 1 is 1.04 bits per heavy atom. The molecule has 2 amide bonds. The first kappa shape index (κ1) is 19.6. The van der Waals surface area contributed by atoms with Gasteiger partial charge in [-0.15, -0.1) is 0 Å². The highest BCUT2D eigenvalue weighted by Crippen LogP contribution is 2.09. The molecule has 1 atom stereocenters. The summed E-state index contributed by atoms with van der Waals surface area (Å²) in [5.74, 6) is -0.902. The SMILES string of the molecule is Cc1ccc(NC(=O)C(C)NCCNC(=O)c2ccc(C)c(F)c2)cc1. The molecular formula is C20H24FN3O2. The minimum absolute atomic E-state index is 0.152. The highest BCUT2D eigenvalue weighted by molar-refractivity contribution is 5.95. The minimum atomic E-state index is -0.412. The van der Waals surface area contributed by atoms with Crippen molar-refractivity contribution in [1.29, 1.82) is 0 Å². The maximum Gasteiger partial charge on any atom is 0.251 e. The zero-order chi connectivity index (χ0) is 19.1. The molecular weight excluding hydrogens is 333 g/mol. The van der Waals surface area contributed by atoms with Crippen LogP contribution in [0.5, 0.6) is 0 Å². The Morgan fingerprint density at radius 2 is 1.73 bits per heavy atom. The predicted molar refractivity (Wildman–Crippen MR) is 101 cm³/mol. The second-order valence-corrected chi connectivity index (χ2v) is 6.25. The highest BCUT2D eigenvalue weighted by Gasteiger charge is 2.12. The van der Waals surface area contributed by atoms with E-state index in [2.05, 4.69) is 16.0 Å². The average Bonchev–Trinajstić information content (AvgIpc) is 2.62. The molecule has 3 N–H and O–H groups in total. The van der Waals surface area contributed by atoms with E-state index < -0.39 is 11.9 Å². The summed E-state index contributed by atoms with van der Waals surface area (Å²) in [6, 6.07) is 11.5. The van der Waals surface area contributed by atoms with Crippen LogP contribution < -0.4 is 16.0 Å². The van der Waals surface area contributed by atoms with Crippen LogP contribution in [0.1, 0.15) is 28.4 Å². The number of anilines is 1. The first-order valence-electron chi connectivity index (χ1n) is 8.52. The van der Waals surface area contributed by atoms with Crippen LogP contribution in [-0.4, -0.2) is 30.9 Å². The summed E-state index contributed by atoms with van der Waals surface area (Å²) in [7, 11) is 0. The molecule has 0 heterocycles. The molecule has 0 aliphatic carbocycles. The number of hydrogen-bond acceptors (Lipinski definition) is 3. The summed E-state index contributed by atoms with van der Waals surface area (Å²) in [6.07, 6.45) is 0. The van der Waals surface area contributed by atoms with Crippen molar-refractivity contribution in [2.75, 3.05) is 18.4 Å². The van der Waals surface area contributed by atoms with Crippen molar-refractivity contribution in [3.05, 3.63) is 65.0 Å². The monoisotopic (exact) mass is 357 g/mol. The first-order valence-corrected chi connectivity index (χ1v) is 8.52. The molecule has 2 rings (SSSR count). The summed E-state index contributed by atoms with van der Waals surface area (Å²) in [5, 5.41) is 8.56. The van der Waals surface area contributed by atoms with Gasteiger partial charge in [0.1, 0.15) is 5.82 Å². The van der Waals surface area contributed by atoms with Crippen molar-refractivity contribution in [2.24, 2.45) is 0 Å². The molecule has 0 saturated carbocycles. The molecule has 1 unspecified atom stereocenters. The number of hydrogen-bond donors (Lipinski definition) is 3. The van der Waals surface area contributed by atoms with Gasteiger partial charge >= 0.3 is 0 Å². The van der Waals surface area contributed by atoms with Crippen molar-refractivity contribution in [2.45, 2.75) is 26.8 Å². The lowest BCUT2D eigenvalue weighted by Gasteiger charge is -2.14. The Morgan fingerprint density at radius 3 is 2.38 bits per heavy atom. The summed E-state index contributed by atoms with van der Waals surface area (Å²) in [6.45, 7) is 6.12. The van der Waals surface area contributed by atoms with E-state index in [1.165, 1.54) is 6.07 Å². The number of rotatable bonds is 7. The fourth-order valence-corrected chi connectivity index (χ4v) is 2.28. The summed E-state index contributed by atoms with van der Waals surface area (Å²) < 4.78 is 13.5. The predicted octanol–water partition coefficient (Wildman–Crippen LogP) is 2.79. The van der Waals surface area contributed by atoms with E-state index in [0.29, 0.717) is 18.7 Å². The van der Waals surface area contributed by atoms with Gasteiger partial charge in [0.05, 0.1) is 6.04 Å². The molecule has 0 radical (unpaired) electrons. The smallest absolute Gasteiger partial charge is 0.251 e. The van der Waals surface area contributed by atoms with E-state index in [4.69, 9.17) is 0 Å². The van der Waals surface area contributed by atoms with Gasteiger partial charge in [-0.2, -0.15) is 0 Å². The van der Waals surface area contributed by atoms with Gasteiger partial charge in [0, 0.05) is 24.3 Å². The number of carbonyl (C=O) groups excluding carboxylic acids is 2. The van der Waals surface area contributed by atoms with Gasteiger partial charge in [-0.05, 0) is 50.6 Å². The Bertz CT molecular complexity index is 775. The molecule has 0 fully saturated rings. The van der Waals surface area contributed by atoms with E-state index in [9.17, 15) is 14.0 Å². The van der Waals surface area contributed by atoms with Crippen LogP contribution in [0.3, 0.4) is 0 Å². The number of carbonyl (C=O) groups is 2. The third-order valence-corrected chi connectivity index (χ3v) is 4.01. The zero-order valence-electron chi connectivity index (χ0n) is 15.2. The highest BCUT2D eigenvalue weighted by atomic mass is 19.1. The van der Waals surface area contributed by atoms with Crippen LogP contribution in [0.25, 0.3) is 0 Å². The van der Waals surface area contributed by atoms with Gasteiger partial charge in [-0.3, -0.25) is 9.59 Å². The lowest BCUT2D eigenvalue weighted by Crippen LogP contribution is -2.42. The van der Waals surface area contributed by atoms with E-state index in [0.717, 1.165) is 11.3 Å².